The number of rotatable bonds is 1. The summed E-state index contributed by atoms with van der Waals surface area (Å²) in [5.74, 6) is 0. The average molecular weight is 100 g/mol. The predicted octanol–water partition coefficient (Wildman–Crippen LogP) is -0.789. The lowest BCUT2D eigenvalue weighted by Gasteiger charge is -1.88. The molecule has 7 heavy (non-hydrogen) atoms. The predicted molar refractivity (Wildman–Crippen MR) is 21.2 cm³/mol. The molecule has 1 aromatic heterocycles. The summed E-state index contributed by atoms with van der Waals surface area (Å²) >= 11 is 0. The van der Waals surface area contributed by atoms with Gasteiger partial charge in [-0.05, 0) is 5.21 Å². The van der Waals surface area contributed by atoms with Crippen LogP contribution in [0.5, 0.6) is 0 Å². The van der Waals surface area contributed by atoms with Crippen LogP contribution >= 0.6 is 0 Å². The topological polar surface area (TPSA) is 63.0 Å². The molecular formula is C2H4N4O. The van der Waals surface area contributed by atoms with Crippen molar-refractivity contribution < 1.29 is 5.21 Å². The Morgan fingerprint density at radius 2 is 2.57 bits per heavy atom. The molecule has 1 aromatic rings. The van der Waals surface area contributed by atoms with Crippen LogP contribution in [0.2, 0.25) is 0 Å². The van der Waals surface area contributed by atoms with Crippen LogP contribution in [-0.4, -0.2) is 20.3 Å². The maximum atomic E-state index is 8.04. The van der Waals surface area contributed by atoms with E-state index in [0.717, 1.165) is 4.79 Å². The first kappa shape index (κ1) is 4.07. The van der Waals surface area contributed by atoms with E-state index in [2.05, 4.69) is 10.3 Å². The molecule has 5 nitrogen and oxygen atoms in total. The first-order valence-electron chi connectivity index (χ1n) is 1.70. The molecule has 0 unspecified atom stereocenters. The van der Waals surface area contributed by atoms with Crippen molar-refractivity contribution in [3.8, 4) is 0 Å². The molecule has 1 rings (SSSR count). The van der Waals surface area contributed by atoms with Crippen molar-refractivity contribution in [1.82, 2.24) is 15.1 Å². The lowest BCUT2D eigenvalue weighted by Crippen LogP contribution is -2.09. The zero-order valence-corrected chi connectivity index (χ0v) is 3.44. The van der Waals surface area contributed by atoms with Crippen molar-refractivity contribution >= 4 is 0 Å². The van der Waals surface area contributed by atoms with E-state index < -0.39 is 0 Å². The first-order chi connectivity index (χ1) is 3.43. The molecule has 0 aromatic carbocycles. The van der Waals surface area contributed by atoms with E-state index in [1.54, 1.807) is 5.59 Å². The summed E-state index contributed by atoms with van der Waals surface area (Å²) in [6.45, 7) is 0. The molecule has 0 amide bonds. The number of hydrogen-bond donors (Lipinski definition) is 2. The van der Waals surface area contributed by atoms with E-state index >= 15 is 0 Å². The molecule has 0 aliphatic heterocycles. The maximum absolute atomic E-state index is 8.04. The van der Waals surface area contributed by atoms with Gasteiger partial charge in [-0.2, -0.15) is 5.59 Å². The molecule has 0 spiro atoms. The molecule has 2 N–H and O–H groups in total. The molecular weight excluding hydrogens is 96.0 g/mol. The van der Waals surface area contributed by atoms with Crippen molar-refractivity contribution in [2.75, 3.05) is 5.59 Å². The third kappa shape index (κ3) is 0.660. The third-order valence-electron chi connectivity index (χ3n) is 0.525. The zero-order valence-electron chi connectivity index (χ0n) is 3.44. The Morgan fingerprint density at radius 3 is 2.86 bits per heavy atom. The largest absolute Gasteiger partial charge is 0.274 e. The van der Waals surface area contributed by atoms with Crippen LogP contribution in [0.15, 0.2) is 12.4 Å². The van der Waals surface area contributed by atoms with Gasteiger partial charge in [0.05, 0.1) is 12.4 Å². The number of aromatic nitrogens is 3. The van der Waals surface area contributed by atoms with Crippen LogP contribution in [0.3, 0.4) is 0 Å². The van der Waals surface area contributed by atoms with Gasteiger partial charge in [-0.3, -0.25) is 5.21 Å². The average Bonchev–Trinajstić information content (AvgIpc) is 2.14. The molecule has 0 fully saturated rings. The quantitative estimate of drug-likeness (QED) is 0.454. The Hall–Kier alpha value is -1.10. The van der Waals surface area contributed by atoms with Gasteiger partial charge in [0.1, 0.15) is 0 Å². The third-order valence-corrected chi connectivity index (χ3v) is 0.525. The highest BCUT2D eigenvalue weighted by molar-refractivity contribution is 4.63. The van der Waals surface area contributed by atoms with Crippen LogP contribution in [0.4, 0.5) is 0 Å². The summed E-state index contributed by atoms with van der Waals surface area (Å²) in [4.78, 5) is 1.07. The van der Waals surface area contributed by atoms with E-state index in [1.807, 2.05) is 0 Å². The highest BCUT2D eigenvalue weighted by Crippen LogP contribution is 1.67. The van der Waals surface area contributed by atoms with Gasteiger partial charge in [-0.25, -0.2) is 0 Å². The van der Waals surface area contributed by atoms with Crippen molar-refractivity contribution in [2.45, 2.75) is 0 Å². The molecule has 0 aliphatic carbocycles. The van der Waals surface area contributed by atoms with Crippen LogP contribution in [0.25, 0.3) is 0 Å². The second-order valence-electron chi connectivity index (χ2n) is 0.948. The molecule has 0 aliphatic rings. The summed E-state index contributed by atoms with van der Waals surface area (Å²) in [7, 11) is 0. The summed E-state index contributed by atoms with van der Waals surface area (Å²) in [5, 5.41) is 14.8. The summed E-state index contributed by atoms with van der Waals surface area (Å²) in [6, 6.07) is 0. The van der Waals surface area contributed by atoms with Gasteiger partial charge in [0.25, 0.3) is 0 Å². The minimum atomic E-state index is 1.07. The highest BCUT2D eigenvalue weighted by atomic mass is 16.5. The van der Waals surface area contributed by atoms with E-state index in [4.69, 9.17) is 5.21 Å². The fraction of sp³-hybridized carbons (Fsp3) is 0. The molecule has 5 heteroatoms. The van der Waals surface area contributed by atoms with Crippen LogP contribution in [0, 0.1) is 0 Å². The van der Waals surface area contributed by atoms with Crippen LogP contribution in [0.1, 0.15) is 0 Å². The fourth-order valence-corrected chi connectivity index (χ4v) is 0.262. The Labute approximate surface area is 39.5 Å². The lowest BCUT2D eigenvalue weighted by molar-refractivity contribution is 0.299. The molecule has 1 heterocycles. The van der Waals surface area contributed by atoms with E-state index in [-0.39, 0.29) is 0 Å². The minimum Gasteiger partial charge on any atom is -0.274 e. The normalized spacial score (nSPS) is 8.71. The van der Waals surface area contributed by atoms with Gasteiger partial charge in [0.2, 0.25) is 0 Å². The van der Waals surface area contributed by atoms with E-state index in [0.29, 0.717) is 0 Å². The maximum Gasteiger partial charge on any atom is 0.0716 e. The molecule has 0 atom stereocenters. The van der Waals surface area contributed by atoms with E-state index in [9.17, 15) is 0 Å². The monoisotopic (exact) mass is 100 g/mol. The number of nitrogens with one attached hydrogen (secondary N) is 1. The summed E-state index contributed by atoms with van der Waals surface area (Å²) < 4.78 is 0. The second kappa shape index (κ2) is 1.57. The number of nitrogens with zero attached hydrogens (tertiary/aromatic N) is 3. The fourth-order valence-electron chi connectivity index (χ4n) is 0.262. The zero-order chi connectivity index (χ0) is 5.11. The first-order valence-corrected chi connectivity index (χ1v) is 1.70. The van der Waals surface area contributed by atoms with Gasteiger partial charge in [-0.15, -0.1) is 9.89 Å². The van der Waals surface area contributed by atoms with Crippen molar-refractivity contribution in [1.29, 1.82) is 0 Å². The smallest absolute Gasteiger partial charge is 0.0716 e. The highest BCUT2D eigenvalue weighted by Gasteiger charge is 1.78. The van der Waals surface area contributed by atoms with Gasteiger partial charge in [0.15, 0.2) is 0 Å². The van der Waals surface area contributed by atoms with Crippen molar-refractivity contribution in [3.05, 3.63) is 12.4 Å². The second-order valence-corrected chi connectivity index (χ2v) is 0.948. The Morgan fingerprint density at radius 1 is 1.71 bits per heavy atom. The molecule has 0 radical (unpaired) electrons. The van der Waals surface area contributed by atoms with Crippen molar-refractivity contribution in [3.63, 3.8) is 0 Å². The SMILES string of the molecule is ONn1ccnn1. The Bertz CT molecular complexity index is 124. The standard InChI is InChI=1S/C2H4N4O/c7-5-6-2-1-3-4-6/h1-2,5,7H. The Kier molecular flexibility index (Phi) is 0.910. The van der Waals surface area contributed by atoms with Gasteiger partial charge < -0.3 is 0 Å². The van der Waals surface area contributed by atoms with Crippen LogP contribution in [-0.2, 0) is 0 Å². The minimum absolute atomic E-state index is 1.07. The van der Waals surface area contributed by atoms with Gasteiger partial charge >= 0.3 is 0 Å². The van der Waals surface area contributed by atoms with Crippen molar-refractivity contribution in [2.24, 2.45) is 0 Å². The van der Waals surface area contributed by atoms with Crippen LogP contribution < -0.4 is 5.59 Å². The molecule has 0 saturated heterocycles. The summed E-state index contributed by atoms with van der Waals surface area (Å²) in [5.41, 5.74) is 1.75. The number of hydrogen-bond acceptors (Lipinski definition) is 4. The van der Waals surface area contributed by atoms with Gasteiger partial charge in [0, 0.05) is 0 Å². The van der Waals surface area contributed by atoms with E-state index in [1.165, 1.54) is 12.4 Å². The molecule has 0 saturated carbocycles. The summed E-state index contributed by atoms with van der Waals surface area (Å²) in [6.07, 6.45) is 2.92. The molecule has 0 bridgehead atoms. The lowest BCUT2D eigenvalue weighted by atomic mass is 11.0. The molecule has 38 valence electrons. The Balaban J connectivity index is 2.76. The van der Waals surface area contributed by atoms with Gasteiger partial charge in [-0.1, -0.05) is 0 Å².